The largest absolute Gasteiger partial charge is 0.451 e. The lowest BCUT2D eigenvalue weighted by Crippen LogP contribution is -2.24. The summed E-state index contributed by atoms with van der Waals surface area (Å²) in [5, 5.41) is 3.31. The van der Waals surface area contributed by atoms with Crippen LogP contribution in [0.25, 0.3) is 0 Å². The van der Waals surface area contributed by atoms with Crippen LogP contribution in [0, 0.1) is 6.92 Å². The highest BCUT2D eigenvalue weighted by Gasteiger charge is 2.21. The van der Waals surface area contributed by atoms with Gasteiger partial charge in [-0.2, -0.15) is 0 Å². The smallest absolute Gasteiger partial charge is 0.338 e. The SMILES string of the molecule is Cc1ccc(C(=O)[C@H](C)OC(=O)c2cccc(NC(=O)c3ccc(Cl)cc3Cl)c2)cc1. The fourth-order valence-electron chi connectivity index (χ4n) is 2.83. The van der Waals surface area contributed by atoms with Gasteiger partial charge >= 0.3 is 5.97 Å². The summed E-state index contributed by atoms with van der Waals surface area (Å²) in [6, 6.07) is 17.8. The number of ether oxygens (including phenoxy) is 1. The molecule has 0 aromatic heterocycles. The van der Waals surface area contributed by atoms with Gasteiger partial charge in [-0.3, -0.25) is 9.59 Å². The van der Waals surface area contributed by atoms with Crippen molar-refractivity contribution in [2.24, 2.45) is 0 Å². The molecule has 1 atom stereocenters. The van der Waals surface area contributed by atoms with E-state index in [4.69, 9.17) is 27.9 Å². The van der Waals surface area contributed by atoms with Crippen LogP contribution in [0.15, 0.2) is 66.7 Å². The van der Waals surface area contributed by atoms with Crippen molar-refractivity contribution >= 4 is 46.5 Å². The zero-order chi connectivity index (χ0) is 22.5. The fraction of sp³-hybridized carbons (Fsp3) is 0.125. The van der Waals surface area contributed by atoms with E-state index in [1.807, 2.05) is 19.1 Å². The van der Waals surface area contributed by atoms with Crippen molar-refractivity contribution in [1.82, 2.24) is 0 Å². The maximum Gasteiger partial charge on any atom is 0.338 e. The van der Waals surface area contributed by atoms with Gasteiger partial charge in [-0.1, -0.05) is 59.1 Å². The Balaban J connectivity index is 1.68. The van der Waals surface area contributed by atoms with E-state index in [9.17, 15) is 14.4 Å². The molecule has 0 fully saturated rings. The predicted octanol–water partition coefficient (Wildman–Crippen LogP) is 5.98. The van der Waals surface area contributed by atoms with E-state index in [1.54, 1.807) is 30.3 Å². The van der Waals surface area contributed by atoms with E-state index in [-0.39, 0.29) is 21.9 Å². The molecule has 5 nitrogen and oxygen atoms in total. The molecule has 0 aliphatic rings. The van der Waals surface area contributed by atoms with E-state index in [0.29, 0.717) is 16.3 Å². The first kappa shape index (κ1) is 22.5. The number of hydrogen-bond acceptors (Lipinski definition) is 4. The third kappa shape index (κ3) is 5.72. The molecule has 0 unspecified atom stereocenters. The van der Waals surface area contributed by atoms with Gasteiger partial charge in [-0.25, -0.2) is 4.79 Å². The van der Waals surface area contributed by atoms with Gasteiger partial charge in [0.05, 0.1) is 16.1 Å². The number of carbonyl (C=O) groups is 3. The molecule has 0 saturated heterocycles. The van der Waals surface area contributed by atoms with E-state index >= 15 is 0 Å². The van der Waals surface area contributed by atoms with Crippen LogP contribution in [0.2, 0.25) is 10.0 Å². The Morgan fingerprint density at radius 1 is 0.903 bits per heavy atom. The minimum atomic E-state index is -0.957. The lowest BCUT2D eigenvalue weighted by atomic mass is 10.1. The molecular weight excluding hydrogens is 437 g/mol. The maximum absolute atomic E-state index is 12.5. The molecule has 0 aliphatic carbocycles. The van der Waals surface area contributed by atoms with Crippen LogP contribution < -0.4 is 5.32 Å². The first-order chi connectivity index (χ1) is 14.7. The maximum atomic E-state index is 12.5. The van der Waals surface area contributed by atoms with Gasteiger partial charge in [0, 0.05) is 16.3 Å². The van der Waals surface area contributed by atoms with Crippen molar-refractivity contribution in [3.8, 4) is 0 Å². The van der Waals surface area contributed by atoms with Crippen LogP contribution >= 0.6 is 23.2 Å². The number of aryl methyl sites for hydroxylation is 1. The van der Waals surface area contributed by atoms with Crippen molar-refractivity contribution < 1.29 is 19.1 Å². The number of carbonyl (C=O) groups excluding carboxylic acids is 3. The standard InChI is InChI=1S/C24H19Cl2NO4/c1-14-6-8-16(9-7-14)22(28)15(2)31-24(30)17-4-3-5-19(12-17)27-23(29)20-11-10-18(25)13-21(20)26/h3-13,15H,1-2H3,(H,27,29)/t15-/m0/s1. The number of nitrogens with one attached hydrogen (secondary N) is 1. The molecule has 0 spiro atoms. The molecule has 1 N–H and O–H groups in total. The highest BCUT2D eigenvalue weighted by molar-refractivity contribution is 6.37. The molecular formula is C24H19Cl2NO4. The molecule has 7 heteroatoms. The second-order valence-corrected chi connectivity index (χ2v) is 7.78. The van der Waals surface area contributed by atoms with E-state index in [0.717, 1.165) is 5.56 Å². The van der Waals surface area contributed by atoms with E-state index in [1.165, 1.54) is 31.2 Å². The Kier molecular flexibility index (Phi) is 7.10. The number of benzene rings is 3. The van der Waals surface area contributed by atoms with Crippen LogP contribution in [0.5, 0.6) is 0 Å². The van der Waals surface area contributed by atoms with Gasteiger partial charge in [0.25, 0.3) is 5.91 Å². The molecule has 3 aromatic rings. The van der Waals surface area contributed by atoms with E-state index in [2.05, 4.69) is 5.32 Å². The average molecular weight is 456 g/mol. The van der Waals surface area contributed by atoms with E-state index < -0.39 is 18.0 Å². The average Bonchev–Trinajstić information content (AvgIpc) is 2.73. The quantitative estimate of drug-likeness (QED) is 0.366. The second kappa shape index (κ2) is 9.77. The van der Waals surface area contributed by atoms with Crippen molar-refractivity contribution in [3.63, 3.8) is 0 Å². The summed E-state index contributed by atoms with van der Waals surface area (Å²) >= 11 is 11.9. The molecule has 0 radical (unpaired) electrons. The first-order valence-corrected chi connectivity index (χ1v) is 10.2. The van der Waals surface area contributed by atoms with Crippen LogP contribution in [0.3, 0.4) is 0 Å². The number of halogens is 2. The van der Waals surface area contributed by atoms with Crippen LogP contribution in [0.1, 0.15) is 43.6 Å². The number of esters is 1. The number of Topliss-reactive ketones (excluding diaryl/α,β-unsaturated/α-hetero) is 1. The number of hydrogen-bond donors (Lipinski definition) is 1. The number of anilines is 1. The summed E-state index contributed by atoms with van der Waals surface area (Å²) < 4.78 is 5.32. The van der Waals surface area contributed by atoms with Crippen molar-refractivity contribution in [1.29, 1.82) is 0 Å². The summed E-state index contributed by atoms with van der Waals surface area (Å²) in [6.45, 7) is 3.44. The van der Waals surface area contributed by atoms with Crippen LogP contribution in [-0.4, -0.2) is 23.8 Å². The van der Waals surface area contributed by atoms with Crippen molar-refractivity contribution in [2.45, 2.75) is 20.0 Å². The third-order valence-corrected chi connectivity index (χ3v) is 5.07. The van der Waals surface area contributed by atoms with Crippen molar-refractivity contribution in [3.05, 3.63) is 99.0 Å². The molecule has 31 heavy (non-hydrogen) atoms. The fourth-order valence-corrected chi connectivity index (χ4v) is 3.32. The highest BCUT2D eigenvalue weighted by Crippen LogP contribution is 2.22. The lowest BCUT2D eigenvalue weighted by Gasteiger charge is -2.13. The summed E-state index contributed by atoms with van der Waals surface area (Å²) in [7, 11) is 0. The van der Waals surface area contributed by atoms with Crippen molar-refractivity contribution in [2.75, 3.05) is 5.32 Å². The lowest BCUT2D eigenvalue weighted by molar-refractivity contribution is 0.0319. The van der Waals surface area contributed by atoms with Gasteiger partial charge in [0.1, 0.15) is 0 Å². The first-order valence-electron chi connectivity index (χ1n) is 9.43. The van der Waals surface area contributed by atoms with Gasteiger partial charge in [-0.15, -0.1) is 0 Å². The monoisotopic (exact) mass is 455 g/mol. The normalized spacial score (nSPS) is 11.5. The summed E-state index contributed by atoms with van der Waals surface area (Å²) in [4.78, 5) is 37.5. The van der Waals surface area contributed by atoms with Gasteiger partial charge in [-0.05, 0) is 50.2 Å². The number of amides is 1. The molecule has 158 valence electrons. The Morgan fingerprint density at radius 3 is 2.29 bits per heavy atom. The van der Waals surface area contributed by atoms with Gasteiger partial charge in [0.2, 0.25) is 5.78 Å². The molecule has 0 aliphatic heterocycles. The Bertz CT molecular complexity index is 1140. The second-order valence-electron chi connectivity index (χ2n) is 6.94. The zero-order valence-corrected chi connectivity index (χ0v) is 18.3. The summed E-state index contributed by atoms with van der Waals surface area (Å²) in [6.07, 6.45) is -0.957. The molecule has 0 saturated carbocycles. The Labute approximate surface area is 189 Å². The number of ketones is 1. The zero-order valence-electron chi connectivity index (χ0n) is 16.8. The molecule has 1 amide bonds. The van der Waals surface area contributed by atoms with Crippen LogP contribution in [-0.2, 0) is 4.74 Å². The minimum Gasteiger partial charge on any atom is -0.451 e. The summed E-state index contributed by atoms with van der Waals surface area (Å²) in [5.74, 6) is -1.42. The molecule has 0 heterocycles. The Hall–Kier alpha value is -3.15. The van der Waals surface area contributed by atoms with Crippen LogP contribution in [0.4, 0.5) is 5.69 Å². The topological polar surface area (TPSA) is 72.5 Å². The third-order valence-electron chi connectivity index (χ3n) is 4.52. The number of rotatable bonds is 6. The molecule has 0 bridgehead atoms. The Morgan fingerprint density at radius 2 is 1.61 bits per heavy atom. The highest BCUT2D eigenvalue weighted by atomic mass is 35.5. The van der Waals surface area contributed by atoms with Gasteiger partial charge in [0.15, 0.2) is 6.10 Å². The predicted molar refractivity (Wildman–Crippen MR) is 121 cm³/mol. The molecule has 3 aromatic carbocycles. The molecule has 3 rings (SSSR count). The summed E-state index contributed by atoms with van der Waals surface area (Å²) in [5.41, 5.74) is 2.31. The van der Waals surface area contributed by atoms with Gasteiger partial charge < -0.3 is 10.1 Å². The minimum absolute atomic E-state index is 0.198.